The molecule has 21 heavy (non-hydrogen) atoms. The second-order valence-electron chi connectivity index (χ2n) is 5.84. The Bertz CT molecular complexity index is 453. The van der Waals surface area contributed by atoms with Crippen molar-refractivity contribution in [2.24, 2.45) is 0 Å². The van der Waals surface area contributed by atoms with Crippen LogP contribution < -0.4 is 5.32 Å². The van der Waals surface area contributed by atoms with Gasteiger partial charge in [-0.25, -0.2) is 8.78 Å². The number of hydrogen-bond donors (Lipinski definition) is 1. The Morgan fingerprint density at radius 2 is 1.95 bits per heavy atom. The van der Waals surface area contributed by atoms with Crippen molar-refractivity contribution >= 4 is 0 Å². The molecule has 2 rings (SSSR count). The summed E-state index contributed by atoms with van der Waals surface area (Å²) in [5.74, 6) is -1.01. The standard InChI is InChI=1S/C17H25F2NO/c1-3-21-17(9-5-4-6-10-17)16(20-2)11-13-7-8-14(18)12-15(13)19/h7-8,12,16,20H,3-6,9-11H2,1-2H3. The van der Waals surface area contributed by atoms with E-state index < -0.39 is 11.6 Å². The second-order valence-corrected chi connectivity index (χ2v) is 5.84. The van der Waals surface area contributed by atoms with Crippen LogP contribution in [0.4, 0.5) is 8.78 Å². The number of halogens is 2. The quantitative estimate of drug-likeness (QED) is 0.861. The lowest BCUT2D eigenvalue weighted by molar-refractivity contribution is -0.0884. The van der Waals surface area contributed by atoms with Gasteiger partial charge >= 0.3 is 0 Å². The van der Waals surface area contributed by atoms with Gasteiger partial charge in [0.25, 0.3) is 0 Å². The molecule has 0 spiro atoms. The average Bonchev–Trinajstić information content (AvgIpc) is 2.47. The van der Waals surface area contributed by atoms with E-state index in [4.69, 9.17) is 4.74 Å². The van der Waals surface area contributed by atoms with Crippen molar-refractivity contribution in [1.82, 2.24) is 5.32 Å². The molecule has 0 radical (unpaired) electrons. The molecular weight excluding hydrogens is 272 g/mol. The molecule has 4 heteroatoms. The van der Waals surface area contributed by atoms with Crippen molar-refractivity contribution in [2.45, 2.75) is 57.1 Å². The van der Waals surface area contributed by atoms with Crippen LogP contribution >= 0.6 is 0 Å². The minimum Gasteiger partial charge on any atom is -0.374 e. The fraction of sp³-hybridized carbons (Fsp3) is 0.647. The molecule has 0 amide bonds. The molecule has 1 unspecified atom stereocenters. The third kappa shape index (κ3) is 3.80. The molecule has 0 heterocycles. The molecule has 1 N–H and O–H groups in total. The van der Waals surface area contributed by atoms with Crippen molar-refractivity contribution < 1.29 is 13.5 Å². The molecule has 1 atom stereocenters. The van der Waals surface area contributed by atoms with E-state index in [-0.39, 0.29) is 11.6 Å². The van der Waals surface area contributed by atoms with E-state index in [1.807, 2.05) is 14.0 Å². The molecule has 0 aliphatic heterocycles. The van der Waals surface area contributed by atoms with E-state index in [0.29, 0.717) is 18.6 Å². The van der Waals surface area contributed by atoms with Crippen LogP contribution in [0.2, 0.25) is 0 Å². The predicted octanol–water partition coefficient (Wildman–Crippen LogP) is 3.83. The zero-order valence-corrected chi connectivity index (χ0v) is 12.9. The topological polar surface area (TPSA) is 21.3 Å². The maximum atomic E-state index is 13.9. The lowest BCUT2D eigenvalue weighted by Crippen LogP contribution is -2.54. The first-order valence-electron chi connectivity index (χ1n) is 7.86. The molecule has 1 fully saturated rings. The minimum atomic E-state index is -0.533. The van der Waals surface area contributed by atoms with Gasteiger partial charge in [-0.2, -0.15) is 0 Å². The fourth-order valence-electron chi connectivity index (χ4n) is 3.49. The lowest BCUT2D eigenvalue weighted by atomic mass is 9.77. The summed E-state index contributed by atoms with van der Waals surface area (Å²) in [5, 5.41) is 3.30. The molecule has 1 aromatic carbocycles. The van der Waals surface area contributed by atoms with Gasteiger partial charge in [0.2, 0.25) is 0 Å². The maximum absolute atomic E-state index is 13.9. The summed E-state index contributed by atoms with van der Waals surface area (Å²) in [6.07, 6.45) is 6.03. The van der Waals surface area contributed by atoms with E-state index in [0.717, 1.165) is 31.7 Å². The van der Waals surface area contributed by atoms with Crippen molar-refractivity contribution in [3.8, 4) is 0 Å². The Kier molecular flexibility index (Phi) is 5.71. The minimum absolute atomic E-state index is 0.0395. The van der Waals surface area contributed by atoms with Gasteiger partial charge in [-0.05, 0) is 44.9 Å². The molecule has 0 saturated heterocycles. The number of nitrogens with one attached hydrogen (secondary N) is 1. The average molecular weight is 297 g/mol. The third-order valence-electron chi connectivity index (χ3n) is 4.55. The van der Waals surface area contributed by atoms with Crippen LogP contribution in [0.25, 0.3) is 0 Å². The van der Waals surface area contributed by atoms with Crippen LogP contribution in [-0.4, -0.2) is 25.3 Å². The van der Waals surface area contributed by atoms with Gasteiger partial charge < -0.3 is 10.1 Å². The van der Waals surface area contributed by atoms with Crippen LogP contribution in [-0.2, 0) is 11.2 Å². The van der Waals surface area contributed by atoms with Crippen LogP contribution in [0.15, 0.2) is 18.2 Å². The lowest BCUT2D eigenvalue weighted by Gasteiger charge is -2.43. The first kappa shape index (κ1) is 16.4. The van der Waals surface area contributed by atoms with E-state index in [2.05, 4.69) is 5.32 Å². The summed E-state index contributed by atoms with van der Waals surface area (Å²) in [7, 11) is 1.89. The Balaban J connectivity index is 2.20. The van der Waals surface area contributed by atoms with Crippen LogP contribution in [0.5, 0.6) is 0 Å². The summed E-state index contributed by atoms with van der Waals surface area (Å²) in [6, 6.07) is 3.85. The SMILES string of the molecule is CCOC1(C(Cc2ccc(F)cc2F)NC)CCCCC1. The molecule has 1 aromatic rings. The molecule has 0 aromatic heterocycles. The van der Waals surface area contributed by atoms with E-state index in [1.54, 1.807) is 0 Å². The Morgan fingerprint density at radius 3 is 2.52 bits per heavy atom. The molecule has 118 valence electrons. The molecule has 1 aliphatic rings. The highest BCUT2D eigenvalue weighted by molar-refractivity contribution is 5.21. The number of ether oxygens (including phenoxy) is 1. The van der Waals surface area contributed by atoms with E-state index >= 15 is 0 Å². The van der Waals surface area contributed by atoms with Crippen LogP contribution in [0.1, 0.15) is 44.6 Å². The Morgan fingerprint density at radius 1 is 1.24 bits per heavy atom. The van der Waals surface area contributed by atoms with Gasteiger partial charge in [-0.15, -0.1) is 0 Å². The number of benzene rings is 1. The van der Waals surface area contributed by atoms with Gasteiger partial charge in [-0.3, -0.25) is 0 Å². The number of rotatable bonds is 6. The van der Waals surface area contributed by atoms with Crippen molar-refractivity contribution in [2.75, 3.05) is 13.7 Å². The zero-order chi connectivity index (χ0) is 15.3. The van der Waals surface area contributed by atoms with Crippen molar-refractivity contribution in [1.29, 1.82) is 0 Å². The summed E-state index contributed by atoms with van der Waals surface area (Å²) >= 11 is 0. The van der Waals surface area contributed by atoms with Gasteiger partial charge in [0, 0.05) is 18.7 Å². The highest BCUT2D eigenvalue weighted by atomic mass is 19.1. The summed E-state index contributed by atoms with van der Waals surface area (Å²) in [5.41, 5.74) is 0.308. The Hall–Kier alpha value is -1.00. The first-order chi connectivity index (χ1) is 10.1. The normalized spacial score (nSPS) is 19.4. The molecule has 0 bridgehead atoms. The summed E-state index contributed by atoms with van der Waals surface area (Å²) < 4.78 is 33.1. The second kappa shape index (κ2) is 7.32. The van der Waals surface area contributed by atoms with Crippen molar-refractivity contribution in [3.05, 3.63) is 35.4 Å². The van der Waals surface area contributed by atoms with Crippen molar-refractivity contribution in [3.63, 3.8) is 0 Å². The van der Waals surface area contributed by atoms with E-state index in [1.165, 1.54) is 18.6 Å². The zero-order valence-electron chi connectivity index (χ0n) is 12.9. The smallest absolute Gasteiger partial charge is 0.129 e. The first-order valence-corrected chi connectivity index (χ1v) is 7.86. The largest absolute Gasteiger partial charge is 0.374 e. The number of hydrogen-bond acceptors (Lipinski definition) is 2. The van der Waals surface area contributed by atoms with Crippen LogP contribution in [0, 0.1) is 11.6 Å². The Labute approximate surface area is 125 Å². The predicted molar refractivity (Wildman–Crippen MR) is 80.4 cm³/mol. The van der Waals surface area contributed by atoms with Gasteiger partial charge in [-0.1, -0.05) is 25.3 Å². The summed E-state index contributed by atoms with van der Waals surface area (Å²) in [6.45, 7) is 2.66. The molecular formula is C17H25F2NO. The monoisotopic (exact) mass is 297 g/mol. The highest BCUT2D eigenvalue weighted by Crippen LogP contribution is 2.36. The molecule has 2 nitrogen and oxygen atoms in total. The fourth-order valence-corrected chi connectivity index (χ4v) is 3.49. The van der Waals surface area contributed by atoms with Gasteiger partial charge in [0.05, 0.1) is 5.60 Å². The van der Waals surface area contributed by atoms with Crippen LogP contribution in [0.3, 0.4) is 0 Å². The van der Waals surface area contributed by atoms with Gasteiger partial charge in [0.1, 0.15) is 11.6 Å². The third-order valence-corrected chi connectivity index (χ3v) is 4.55. The highest BCUT2D eigenvalue weighted by Gasteiger charge is 2.40. The van der Waals surface area contributed by atoms with E-state index in [9.17, 15) is 8.78 Å². The molecule has 1 aliphatic carbocycles. The number of likely N-dealkylation sites (N-methyl/N-ethyl adjacent to an activating group) is 1. The summed E-state index contributed by atoms with van der Waals surface area (Å²) in [4.78, 5) is 0. The van der Waals surface area contributed by atoms with Gasteiger partial charge in [0.15, 0.2) is 0 Å². The maximum Gasteiger partial charge on any atom is 0.129 e. The molecule has 1 saturated carbocycles.